The van der Waals surface area contributed by atoms with Crippen LogP contribution in [0.15, 0.2) is 59.0 Å². The molecule has 0 spiro atoms. The summed E-state index contributed by atoms with van der Waals surface area (Å²) in [6.45, 7) is 4.76. The third-order valence-electron chi connectivity index (χ3n) is 6.11. The number of furan rings is 1. The van der Waals surface area contributed by atoms with Crippen LogP contribution >= 0.6 is 0 Å². The summed E-state index contributed by atoms with van der Waals surface area (Å²) in [5, 5.41) is 11.2. The Balaban J connectivity index is 1.51. The van der Waals surface area contributed by atoms with Gasteiger partial charge in [-0.25, -0.2) is 4.98 Å². The van der Waals surface area contributed by atoms with Crippen LogP contribution in [0.5, 0.6) is 5.75 Å². The predicted molar refractivity (Wildman–Crippen MR) is 120 cm³/mol. The van der Waals surface area contributed by atoms with E-state index in [1.165, 1.54) is 4.90 Å². The number of aliphatic hydroxyl groups excluding tert-OH is 1. The Kier molecular flexibility index (Phi) is 5.28. The van der Waals surface area contributed by atoms with Gasteiger partial charge in [0.1, 0.15) is 35.2 Å². The molecule has 0 radical (unpaired) electrons. The number of carbonyl (C=O) groups is 2. The van der Waals surface area contributed by atoms with Crippen molar-refractivity contribution in [2.45, 2.75) is 45.4 Å². The number of likely N-dealkylation sites (tertiary alicyclic amines) is 1. The molecule has 1 aromatic carbocycles. The van der Waals surface area contributed by atoms with Gasteiger partial charge in [0.25, 0.3) is 11.7 Å². The van der Waals surface area contributed by atoms with Crippen LogP contribution in [-0.2, 0) is 22.6 Å². The van der Waals surface area contributed by atoms with Crippen LogP contribution in [0.3, 0.4) is 0 Å². The van der Waals surface area contributed by atoms with Gasteiger partial charge in [-0.1, -0.05) is 0 Å². The monoisotopic (exact) mass is 447 g/mol. The molecule has 1 fully saturated rings. The Morgan fingerprint density at radius 3 is 2.79 bits per heavy atom. The van der Waals surface area contributed by atoms with Gasteiger partial charge in [-0.3, -0.25) is 9.59 Å². The number of aliphatic hydroxyl groups is 1. The van der Waals surface area contributed by atoms with Crippen LogP contribution in [0.1, 0.15) is 42.0 Å². The first-order valence-corrected chi connectivity index (χ1v) is 11.0. The van der Waals surface area contributed by atoms with Crippen molar-refractivity contribution in [2.24, 2.45) is 0 Å². The number of ketones is 1. The number of aromatic nitrogens is 2. The number of benzene rings is 1. The smallest absolute Gasteiger partial charge is 0.295 e. The largest absolute Gasteiger partial charge is 0.507 e. The van der Waals surface area contributed by atoms with E-state index in [1.54, 1.807) is 43.7 Å². The molecule has 33 heavy (non-hydrogen) atoms. The summed E-state index contributed by atoms with van der Waals surface area (Å²) in [6.07, 6.45) is 6.65. The zero-order chi connectivity index (χ0) is 23.1. The molecule has 0 bridgehead atoms. The number of rotatable bonds is 6. The summed E-state index contributed by atoms with van der Waals surface area (Å²) in [4.78, 5) is 31.6. The zero-order valence-corrected chi connectivity index (χ0v) is 18.5. The number of nitrogens with zero attached hydrogens (tertiary/aromatic N) is 3. The van der Waals surface area contributed by atoms with Crippen LogP contribution in [0, 0.1) is 6.92 Å². The number of ether oxygens (including phenoxy) is 1. The molecule has 4 heterocycles. The van der Waals surface area contributed by atoms with Crippen LogP contribution in [0.2, 0.25) is 0 Å². The van der Waals surface area contributed by atoms with Crippen LogP contribution in [0.4, 0.5) is 0 Å². The summed E-state index contributed by atoms with van der Waals surface area (Å²) in [5.74, 6) is 0.342. The average Bonchev–Trinajstić information content (AvgIpc) is 3.57. The Hall–Kier alpha value is -3.81. The summed E-state index contributed by atoms with van der Waals surface area (Å²) in [6, 6.07) is 8.08. The highest BCUT2D eigenvalue weighted by Gasteiger charge is 2.47. The Morgan fingerprint density at radius 2 is 2.06 bits per heavy atom. The van der Waals surface area contributed by atoms with E-state index >= 15 is 0 Å². The van der Waals surface area contributed by atoms with Crippen molar-refractivity contribution < 1.29 is 23.8 Å². The molecule has 5 rings (SSSR count). The standard InChI is InChI=1S/C25H25N3O5/c1-15-4-6-20(32-15)22-21(23(29)17-5-7-19-18(13-17)12-16(2)33-19)24(30)25(31)28(22)10-3-9-27-11-8-26-14-27/h4-8,11,13-14,16,22,29H,3,9-10,12H2,1-2H3/b23-21+/t16-,22-/m1/s1. The molecule has 8 heteroatoms. The summed E-state index contributed by atoms with van der Waals surface area (Å²) in [7, 11) is 0. The minimum atomic E-state index is -0.787. The van der Waals surface area contributed by atoms with E-state index in [0.29, 0.717) is 36.6 Å². The first kappa shape index (κ1) is 21.1. The van der Waals surface area contributed by atoms with E-state index < -0.39 is 17.7 Å². The normalized spacial score (nSPS) is 21.5. The van der Waals surface area contributed by atoms with Crippen molar-refractivity contribution in [1.29, 1.82) is 0 Å². The highest BCUT2D eigenvalue weighted by Crippen LogP contribution is 2.41. The molecule has 2 atom stereocenters. The lowest BCUT2D eigenvalue weighted by atomic mass is 9.97. The van der Waals surface area contributed by atoms with E-state index in [9.17, 15) is 14.7 Å². The molecule has 3 aromatic rings. The number of imidazole rings is 1. The van der Waals surface area contributed by atoms with Crippen molar-refractivity contribution in [3.63, 3.8) is 0 Å². The van der Waals surface area contributed by atoms with Gasteiger partial charge < -0.3 is 23.7 Å². The Labute approximate surface area is 191 Å². The Bertz CT molecular complexity index is 1240. The number of Topliss-reactive ketones (excluding diaryl/α,β-unsaturated/α-hetero) is 1. The molecule has 2 aromatic heterocycles. The van der Waals surface area contributed by atoms with Crippen LogP contribution in [0.25, 0.3) is 5.76 Å². The molecular weight excluding hydrogens is 422 g/mol. The fourth-order valence-electron chi connectivity index (χ4n) is 4.57. The summed E-state index contributed by atoms with van der Waals surface area (Å²) in [5.41, 5.74) is 1.49. The third-order valence-corrected chi connectivity index (χ3v) is 6.11. The maximum absolute atomic E-state index is 13.1. The van der Waals surface area contributed by atoms with E-state index in [2.05, 4.69) is 4.98 Å². The van der Waals surface area contributed by atoms with Gasteiger partial charge in [0.2, 0.25) is 0 Å². The lowest BCUT2D eigenvalue weighted by molar-refractivity contribution is -0.140. The van der Waals surface area contributed by atoms with Crippen molar-refractivity contribution in [3.05, 3.63) is 77.3 Å². The number of fused-ring (bicyclic) bond motifs is 1. The van der Waals surface area contributed by atoms with Gasteiger partial charge in [0.15, 0.2) is 0 Å². The fraction of sp³-hybridized carbons (Fsp3) is 0.320. The highest BCUT2D eigenvalue weighted by molar-refractivity contribution is 6.46. The number of amides is 1. The number of carbonyl (C=O) groups excluding carboxylic acids is 2. The summed E-state index contributed by atoms with van der Waals surface area (Å²) < 4.78 is 13.5. The first-order chi connectivity index (χ1) is 15.9. The molecule has 0 unspecified atom stereocenters. The molecule has 2 aliphatic heterocycles. The maximum Gasteiger partial charge on any atom is 0.295 e. The fourth-order valence-corrected chi connectivity index (χ4v) is 4.57. The van der Waals surface area contributed by atoms with Crippen molar-refractivity contribution in [1.82, 2.24) is 14.5 Å². The first-order valence-electron chi connectivity index (χ1n) is 11.0. The second-order valence-corrected chi connectivity index (χ2v) is 8.55. The van der Waals surface area contributed by atoms with Gasteiger partial charge in [0.05, 0.1) is 11.9 Å². The maximum atomic E-state index is 13.1. The van der Waals surface area contributed by atoms with Crippen molar-refractivity contribution in [3.8, 4) is 5.75 Å². The van der Waals surface area contributed by atoms with Crippen LogP contribution in [-0.4, -0.2) is 43.9 Å². The third kappa shape index (κ3) is 3.82. The number of aryl methyl sites for hydroxylation is 2. The van der Waals surface area contributed by atoms with Crippen molar-refractivity contribution in [2.75, 3.05) is 6.54 Å². The van der Waals surface area contributed by atoms with Gasteiger partial charge >= 0.3 is 0 Å². The SMILES string of the molecule is Cc1ccc([C@@H]2/C(=C(\O)c3ccc4c(c3)C[C@@H](C)O4)C(=O)C(=O)N2CCCn2ccnc2)o1. The molecular formula is C25H25N3O5. The van der Waals surface area contributed by atoms with E-state index in [-0.39, 0.29) is 17.4 Å². The number of hydrogen-bond donors (Lipinski definition) is 1. The lowest BCUT2D eigenvalue weighted by Gasteiger charge is -2.23. The molecule has 1 amide bonds. The lowest BCUT2D eigenvalue weighted by Crippen LogP contribution is -2.31. The second kappa shape index (κ2) is 8.27. The zero-order valence-electron chi connectivity index (χ0n) is 18.5. The van der Waals surface area contributed by atoms with Gasteiger partial charge in [-0.05, 0) is 56.2 Å². The Morgan fingerprint density at radius 1 is 1.21 bits per heavy atom. The minimum Gasteiger partial charge on any atom is -0.507 e. The van der Waals surface area contributed by atoms with Crippen molar-refractivity contribution >= 4 is 17.4 Å². The van der Waals surface area contributed by atoms with E-state index in [1.807, 2.05) is 23.8 Å². The van der Waals surface area contributed by atoms with Gasteiger partial charge in [-0.15, -0.1) is 0 Å². The van der Waals surface area contributed by atoms with E-state index in [4.69, 9.17) is 9.15 Å². The summed E-state index contributed by atoms with van der Waals surface area (Å²) >= 11 is 0. The molecule has 0 aliphatic carbocycles. The molecule has 170 valence electrons. The molecule has 8 nitrogen and oxygen atoms in total. The molecule has 1 saturated heterocycles. The van der Waals surface area contributed by atoms with E-state index in [0.717, 1.165) is 17.7 Å². The quantitative estimate of drug-likeness (QED) is 0.352. The molecule has 2 aliphatic rings. The van der Waals surface area contributed by atoms with Gasteiger partial charge in [-0.2, -0.15) is 0 Å². The average molecular weight is 447 g/mol. The topological polar surface area (TPSA) is 97.8 Å². The number of hydrogen-bond acceptors (Lipinski definition) is 6. The molecule has 1 N–H and O–H groups in total. The minimum absolute atomic E-state index is 0.0453. The highest BCUT2D eigenvalue weighted by atomic mass is 16.5. The van der Waals surface area contributed by atoms with Gasteiger partial charge in [0, 0.05) is 37.5 Å². The van der Waals surface area contributed by atoms with Crippen LogP contribution < -0.4 is 4.74 Å². The molecule has 0 saturated carbocycles. The second-order valence-electron chi connectivity index (χ2n) is 8.55. The predicted octanol–water partition coefficient (Wildman–Crippen LogP) is 3.62.